The van der Waals surface area contributed by atoms with Gasteiger partial charge >= 0.3 is 5.97 Å². The van der Waals surface area contributed by atoms with Crippen LogP contribution in [0.15, 0.2) is 114 Å². The molecule has 1 aromatic heterocycles. The summed E-state index contributed by atoms with van der Waals surface area (Å²) in [6, 6.07) is 31.9. The summed E-state index contributed by atoms with van der Waals surface area (Å²) in [7, 11) is 0. The summed E-state index contributed by atoms with van der Waals surface area (Å²) in [6.45, 7) is 4.99. The lowest BCUT2D eigenvalue weighted by Gasteiger charge is -2.33. The highest BCUT2D eigenvalue weighted by atomic mass is 16.5. The van der Waals surface area contributed by atoms with E-state index in [2.05, 4.69) is 39.5 Å². The molecule has 2 fully saturated rings. The molecule has 5 aromatic rings. The van der Waals surface area contributed by atoms with Crippen molar-refractivity contribution in [2.75, 3.05) is 52.5 Å². The molecule has 2 saturated heterocycles. The molecule has 3 heterocycles. The van der Waals surface area contributed by atoms with Gasteiger partial charge in [0.1, 0.15) is 11.5 Å². The molecule has 7 rings (SSSR count). The maximum atomic E-state index is 13.8. The lowest BCUT2D eigenvalue weighted by molar-refractivity contribution is -0.164. The van der Waals surface area contributed by atoms with Crippen LogP contribution in [0.1, 0.15) is 60.5 Å². The summed E-state index contributed by atoms with van der Waals surface area (Å²) in [6.07, 6.45) is 3.56. The fourth-order valence-corrected chi connectivity index (χ4v) is 8.26. The Morgan fingerprint density at radius 2 is 1.53 bits per heavy atom. The summed E-state index contributed by atoms with van der Waals surface area (Å²) < 4.78 is 11.8. The molecule has 310 valence electrons. The number of nitrogens with zero attached hydrogens (tertiary/aromatic N) is 2. The normalized spacial score (nSPS) is 17.0. The highest BCUT2D eigenvalue weighted by Gasteiger charge is 2.42. The first kappa shape index (κ1) is 41.6. The van der Waals surface area contributed by atoms with Crippen LogP contribution in [0.25, 0.3) is 10.9 Å². The van der Waals surface area contributed by atoms with Gasteiger partial charge in [-0.3, -0.25) is 14.5 Å². The Balaban J connectivity index is 0.866. The number of aliphatic hydroxyl groups excluding tert-OH is 1. The molecule has 4 aromatic carbocycles. The van der Waals surface area contributed by atoms with E-state index in [1.807, 2.05) is 17.0 Å². The maximum Gasteiger partial charge on any atom is 0.347 e. The number of carbonyl (C=O) groups excluding carboxylic acids is 2. The second kappa shape index (κ2) is 19.5. The number of carbonyl (C=O) groups is 2. The zero-order chi connectivity index (χ0) is 41.2. The number of aromatic hydroxyl groups is 1. The summed E-state index contributed by atoms with van der Waals surface area (Å²) in [5, 5.41) is 37.1. The lowest BCUT2D eigenvalue weighted by atomic mass is 9.86. The molecule has 12 heteroatoms. The number of nitrogens with one attached hydrogen (secondary N) is 2. The monoisotopic (exact) mass is 802 g/mol. The second-order valence-corrected chi connectivity index (χ2v) is 15.8. The molecule has 12 nitrogen and oxygen atoms in total. The zero-order valence-corrected chi connectivity index (χ0v) is 33.3. The predicted octanol–water partition coefficient (Wildman–Crippen LogP) is 5.26. The molecule has 5 N–H and O–H groups in total. The van der Waals surface area contributed by atoms with E-state index >= 15 is 0 Å². The number of H-pyrrole nitrogens is 1. The third kappa shape index (κ3) is 10.4. The first-order valence-corrected chi connectivity index (χ1v) is 20.6. The quantitative estimate of drug-likeness (QED) is 0.0658. The van der Waals surface area contributed by atoms with E-state index in [0.717, 1.165) is 51.7 Å². The number of phenolic OH excluding ortho intramolecular Hbond substituents is 1. The highest BCUT2D eigenvalue weighted by Crippen LogP contribution is 2.34. The molecular weight excluding hydrogens is 749 g/mol. The number of phenols is 1. The Hall–Kier alpha value is -5.53. The summed E-state index contributed by atoms with van der Waals surface area (Å²) in [5.74, 6) is 0.0498. The van der Waals surface area contributed by atoms with Crippen LogP contribution in [-0.2, 0) is 26.5 Å². The van der Waals surface area contributed by atoms with Gasteiger partial charge in [0.25, 0.3) is 5.91 Å². The number of pyridine rings is 1. The van der Waals surface area contributed by atoms with E-state index in [1.165, 1.54) is 17.7 Å². The molecule has 59 heavy (non-hydrogen) atoms. The molecule has 2 aliphatic heterocycles. The number of rotatable bonds is 16. The second-order valence-electron chi connectivity index (χ2n) is 15.8. The fourth-order valence-electron chi connectivity index (χ4n) is 8.26. The summed E-state index contributed by atoms with van der Waals surface area (Å²) >= 11 is 0. The number of hydrogen-bond acceptors (Lipinski definition) is 10. The van der Waals surface area contributed by atoms with Crippen molar-refractivity contribution in [3.8, 4) is 11.5 Å². The number of ether oxygens (including phenoxy) is 2. The minimum Gasteiger partial charge on any atom is -0.506 e. The maximum absolute atomic E-state index is 13.8. The van der Waals surface area contributed by atoms with E-state index in [0.29, 0.717) is 65.4 Å². The van der Waals surface area contributed by atoms with Crippen LogP contribution in [0.5, 0.6) is 11.5 Å². The first-order valence-electron chi connectivity index (χ1n) is 20.6. The minimum absolute atomic E-state index is 0.0463. The van der Waals surface area contributed by atoms with E-state index in [9.17, 15) is 29.7 Å². The fraction of sp³-hybridized carbons (Fsp3) is 0.383. The van der Waals surface area contributed by atoms with E-state index in [4.69, 9.17) is 9.47 Å². The summed E-state index contributed by atoms with van der Waals surface area (Å²) in [4.78, 5) is 45.7. The van der Waals surface area contributed by atoms with Crippen molar-refractivity contribution in [3.05, 3.63) is 142 Å². The van der Waals surface area contributed by atoms with Crippen molar-refractivity contribution in [2.45, 2.75) is 50.4 Å². The molecule has 0 spiro atoms. The number of likely N-dealkylation sites (tertiary alicyclic amines) is 2. The van der Waals surface area contributed by atoms with Gasteiger partial charge in [-0.25, -0.2) is 4.79 Å². The topological polar surface area (TPSA) is 165 Å². The van der Waals surface area contributed by atoms with Crippen LogP contribution < -0.4 is 15.6 Å². The highest BCUT2D eigenvalue weighted by molar-refractivity contribution is 5.87. The molecule has 2 atom stereocenters. The zero-order valence-electron chi connectivity index (χ0n) is 33.3. The average molecular weight is 803 g/mol. The molecule has 1 amide bonds. The van der Waals surface area contributed by atoms with Gasteiger partial charge < -0.3 is 40.0 Å². The molecule has 0 unspecified atom stereocenters. The van der Waals surface area contributed by atoms with Gasteiger partial charge in [0.05, 0.1) is 18.2 Å². The van der Waals surface area contributed by atoms with Crippen molar-refractivity contribution in [1.29, 1.82) is 0 Å². The van der Waals surface area contributed by atoms with E-state index < -0.39 is 17.7 Å². The number of aromatic nitrogens is 1. The van der Waals surface area contributed by atoms with Crippen molar-refractivity contribution in [1.82, 2.24) is 20.1 Å². The largest absolute Gasteiger partial charge is 0.506 e. The number of piperidine rings is 2. The molecule has 0 bridgehead atoms. The number of hydrogen-bond donors (Lipinski definition) is 5. The third-order valence-electron chi connectivity index (χ3n) is 11.8. The molecule has 0 radical (unpaired) electrons. The van der Waals surface area contributed by atoms with Crippen LogP contribution in [-0.4, -0.2) is 94.5 Å². The van der Waals surface area contributed by atoms with Crippen molar-refractivity contribution in [2.24, 2.45) is 11.8 Å². The van der Waals surface area contributed by atoms with Crippen molar-refractivity contribution in [3.63, 3.8) is 0 Å². The Labute approximate surface area is 344 Å². The van der Waals surface area contributed by atoms with Gasteiger partial charge in [0.15, 0.2) is 6.61 Å². The Bertz CT molecular complexity index is 2220. The number of aliphatic hydroxyl groups is 2. The lowest BCUT2D eigenvalue weighted by Crippen LogP contribution is -2.41. The predicted molar refractivity (Wildman–Crippen MR) is 225 cm³/mol. The van der Waals surface area contributed by atoms with Gasteiger partial charge in [-0.2, -0.15) is 0 Å². The third-order valence-corrected chi connectivity index (χ3v) is 11.8. The summed E-state index contributed by atoms with van der Waals surface area (Å²) in [5.41, 5.74) is 0.484. The van der Waals surface area contributed by atoms with Gasteiger partial charge in [-0.15, -0.1) is 0 Å². The number of esters is 1. The number of amides is 1. The molecule has 0 saturated carbocycles. The first-order chi connectivity index (χ1) is 28.7. The average Bonchev–Trinajstić information content (AvgIpc) is 3.27. The Kier molecular flexibility index (Phi) is 13.7. The van der Waals surface area contributed by atoms with Crippen LogP contribution in [0.4, 0.5) is 0 Å². The van der Waals surface area contributed by atoms with Gasteiger partial charge in [0.2, 0.25) is 11.2 Å². The molecule has 2 aliphatic rings. The van der Waals surface area contributed by atoms with Crippen LogP contribution in [0, 0.1) is 11.8 Å². The minimum atomic E-state index is -2.07. The number of fused-ring (bicyclic) bond motifs is 1. The smallest absolute Gasteiger partial charge is 0.347 e. The van der Waals surface area contributed by atoms with E-state index in [1.54, 1.807) is 60.7 Å². The number of aromatic amines is 1. The van der Waals surface area contributed by atoms with Crippen LogP contribution in [0.3, 0.4) is 0 Å². The molecular formula is C47H54N4O8. The van der Waals surface area contributed by atoms with Crippen molar-refractivity contribution >= 4 is 22.8 Å². The van der Waals surface area contributed by atoms with Gasteiger partial charge in [-0.05, 0) is 105 Å². The van der Waals surface area contributed by atoms with E-state index in [-0.39, 0.29) is 36.3 Å². The van der Waals surface area contributed by atoms with Crippen LogP contribution in [0.2, 0.25) is 0 Å². The SMILES string of the molecule is O=C(COc1cccc([C@](O)(C(=O)OCC2CCN(Cc3ccccc3)CC2)c2ccccc2)c1)N1CCC(CCNC[C@H](O)c2ccc(O)c3[nH]c(=O)ccc23)CC1. The number of benzene rings is 4. The van der Waals surface area contributed by atoms with Crippen molar-refractivity contribution < 1.29 is 34.4 Å². The Morgan fingerprint density at radius 1 is 0.831 bits per heavy atom. The van der Waals surface area contributed by atoms with Gasteiger partial charge in [0, 0.05) is 43.2 Å². The van der Waals surface area contributed by atoms with Gasteiger partial charge in [-0.1, -0.05) is 78.9 Å². The standard InChI is InChI=1S/C47H54N4O8/c52-41-16-14-39(40-15-17-43(54)49-45(40)41)42(53)29-48-23-18-33-21-26-51(27-22-33)44(55)32-58-38-13-7-12-37(28-38)47(57,36-10-5-2-6-11-36)46(56)59-31-35-19-24-50(25-20-35)30-34-8-3-1-4-9-34/h1-17,28,33,35,42,48,52-53,57H,18-27,29-32H2,(H,49,54)/t42-,47-/m0/s1. The van der Waals surface area contributed by atoms with Crippen LogP contribution >= 0.6 is 0 Å². The Morgan fingerprint density at radius 3 is 2.27 bits per heavy atom. The molecule has 0 aliphatic carbocycles.